The minimum absolute atomic E-state index is 0.0253. The van der Waals surface area contributed by atoms with Gasteiger partial charge in [-0.05, 0) is 36.2 Å². The lowest BCUT2D eigenvalue weighted by atomic mass is 10.0. The quantitative estimate of drug-likeness (QED) is 0.493. The van der Waals surface area contributed by atoms with E-state index < -0.39 is 17.3 Å². The number of nitrogens with one attached hydrogen (secondary N) is 1. The molecule has 124 valence electrons. The van der Waals surface area contributed by atoms with Crippen molar-refractivity contribution < 1.29 is 14.5 Å². The second-order valence-corrected chi connectivity index (χ2v) is 5.69. The van der Waals surface area contributed by atoms with Gasteiger partial charge in [0.1, 0.15) is 0 Å². The van der Waals surface area contributed by atoms with Crippen molar-refractivity contribution in [3.63, 3.8) is 0 Å². The first-order valence-corrected chi connectivity index (χ1v) is 7.53. The van der Waals surface area contributed by atoms with Crippen LogP contribution in [-0.2, 0) is 11.2 Å². The molecule has 0 aliphatic carbocycles. The number of amides is 1. The zero-order valence-corrected chi connectivity index (χ0v) is 13.7. The number of ketones is 1. The van der Waals surface area contributed by atoms with Crippen molar-refractivity contribution in [3.05, 3.63) is 74.3 Å². The maximum absolute atomic E-state index is 12.2. The van der Waals surface area contributed by atoms with Gasteiger partial charge in [-0.2, -0.15) is 0 Å². The third-order valence-electron chi connectivity index (χ3n) is 3.44. The van der Waals surface area contributed by atoms with Gasteiger partial charge in [-0.15, -0.1) is 0 Å². The summed E-state index contributed by atoms with van der Waals surface area (Å²) in [7, 11) is 0. The predicted octanol–water partition coefficient (Wildman–Crippen LogP) is 3.29. The number of benzene rings is 2. The van der Waals surface area contributed by atoms with Gasteiger partial charge in [0.2, 0.25) is 11.7 Å². The monoisotopic (exact) mass is 346 g/mol. The Kier molecular flexibility index (Phi) is 5.65. The van der Waals surface area contributed by atoms with Gasteiger partial charge in [-0.1, -0.05) is 35.9 Å². The largest absolute Gasteiger partial charge is 0.325 e. The van der Waals surface area contributed by atoms with Gasteiger partial charge in [0.25, 0.3) is 6.54 Å². The highest BCUT2D eigenvalue weighted by Gasteiger charge is 2.19. The van der Waals surface area contributed by atoms with E-state index in [4.69, 9.17) is 11.6 Å². The highest BCUT2D eigenvalue weighted by atomic mass is 35.5. The van der Waals surface area contributed by atoms with Crippen molar-refractivity contribution >= 4 is 29.0 Å². The lowest BCUT2D eigenvalue weighted by Crippen LogP contribution is -2.20. The van der Waals surface area contributed by atoms with Crippen LogP contribution in [0, 0.1) is 17.0 Å². The average Bonchev–Trinajstić information content (AvgIpc) is 2.50. The number of nitro groups is 1. The van der Waals surface area contributed by atoms with Crippen LogP contribution in [-0.4, -0.2) is 23.2 Å². The molecular formula is C17H15ClN2O4. The van der Waals surface area contributed by atoms with E-state index in [1.165, 1.54) is 18.2 Å². The first kappa shape index (κ1) is 17.6. The summed E-state index contributed by atoms with van der Waals surface area (Å²) in [4.78, 5) is 34.0. The molecular weight excluding hydrogens is 332 g/mol. The Labute approximate surface area is 143 Å². The third kappa shape index (κ3) is 4.63. The molecule has 0 radical (unpaired) electrons. The molecule has 0 aliphatic heterocycles. The van der Waals surface area contributed by atoms with Crippen LogP contribution in [0.2, 0.25) is 5.02 Å². The number of aryl methyl sites for hydroxylation is 1. The Balaban J connectivity index is 2.20. The van der Waals surface area contributed by atoms with Crippen LogP contribution in [0.4, 0.5) is 5.69 Å². The molecule has 0 saturated heterocycles. The first-order chi connectivity index (χ1) is 11.4. The maximum atomic E-state index is 12.2. The van der Waals surface area contributed by atoms with Gasteiger partial charge >= 0.3 is 0 Å². The summed E-state index contributed by atoms with van der Waals surface area (Å²) >= 11 is 5.85. The van der Waals surface area contributed by atoms with E-state index in [0.29, 0.717) is 0 Å². The minimum atomic E-state index is -0.860. The molecule has 2 rings (SSSR count). The van der Waals surface area contributed by atoms with Gasteiger partial charge in [-0.3, -0.25) is 19.7 Å². The molecule has 0 aliphatic rings. The SMILES string of the molecule is Cc1ccccc1CC(=O)Nc1ccc(Cl)cc1C(=O)C[N+](=O)[O-]. The lowest BCUT2D eigenvalue weighted by molar-refractivity contribution is -0.465. The molecule has 0 atom stereocenters. The molecule has 1 amide bonds. The second kappa shape index (κ2) is 7.70. The van der Waals surface area contributed by atoms with Gasteiger partial charge < -0.3 is 5.32 Å². The average molecular weight is 347 g/mol. The molecule has 0 heterocycles. The molecule has 24 heavy (non-hydrogen) atoms. The lowest BCUT2D eigenvalue weighted by Gasteiger charge is -2.11. The summed E-state index contributed by atoms with van der Waals surface area (Å²) < 4.78 is 0. The first-order valence-electron chi connectivity index (χ1n) is 7.15. The van der Waals surface area contributed by atoms with E-state index in [9.17, 15) is 19.7 Å². The van der Waals surface area contributed by atoms with E-state index in [2.05, 4.69) is 5.32 Å². The van der Waals surface area contributed by atoms with E-state index in [1.807, 2.05) is 31.2 Å². The molecule has 2 aromatic rings. The summed E-state index contributed by atoms with van der Waals surface area (Å²) in [6.45, 7) is 1.04. The number of Topliss-reactive ketones (excluding diaryl/α,β-unsaturated/α-hetero) is 1. The predicted molar refractivity (Wildman–Crippen MR) is 91.2 cm³/mol. The highest BCUT2D eigenvalue weighted by Crippen LogP contribution is 2.22. The Bertz CT molecular complexity index is 805. The molecule has 7 heteroatoms. The molecule has 0 fully saturated rings. The molecule has 0 unspecified atom stereocenters. The van der Waals surface area contributed by atoms with E-state index in [0.717, 1.165) is 11.1 Å². The van der Waals surface area contributed by atoms with Crippen molar-refractivity contribution in [2.24, 2.45) is 0 Å². The zero-order valence-electron chi connectivity index (χ0n) is 12.9. The van der Waals surface area contributed by atoms with Gasteiger partial charge in [0, 0.05) is 15.5 Å². The summed E-state index contributed by atoms with van der Waals surface area (Å²) in [6, 6.07) is 11.7. The van der Waals surface area contributed by atoms with Gasteiger partial charge in [0.05, 0.1) is 12.1 Å². The third-order valence-corrected chi connectivity index (χ3v) is 3.68. The number of nitrogens with zero attached hydrogens (tertiary/aromatic N) is 1. The standard InChI is InChI=1S/C17H15ClN2O4/c1-11-4-2-3-5-12(11)8-17(22)19-15-7-6-13(18)9-14(15)16(21)10-20(23)24/h2-7,9H,8,10H2,1H3,(H,19,22). The van der Waals surface area contributed by atoms with Crippen LogP contribution in [0.25, 0.3) is 0 Å². The molecule has 1 N–H and O–H groups in total. The Morgan fingerprint density at radius 1 is 1.21 bits per heavy atom. The van der Waals surface area contributed by atoms with E-state index in [-0.39, 0.29) is 28.6 Å². The van der Waals surface area contributed by atoms with Crippen LogP contribution in [0.15, 0.2) is 42.5 Å². The fourth-order valence-corrected chi connectivity index (χ4v) is 2.41. The summed E-state index contributed by atoms with van der Waals surface area (Å²) in [5, 5.41) is 13.4. The van der Waals surface area contributed by atoms with Crippen molar-refractivity contribution in [3.8, 4) is 0 Å². The highest BCUT2D eigenvalue weighted by molar-refractivity contribution is 6.31. The normalized spacial score (nSPS) is 10.2. The zero-order chi connectivity index (χ0) is 17.7. The van der Waals surface area contributed by atoms with Crippen molar-refractivity contribution in [1.82, 2.24) is 0 Å². The topological polar surface area (TPSA) is 89.3 Å². The van der Waals surface area contributed by atoms with Crippen molar-refractivity contribution in [2.45, 2.75) is 13.3 Å². The molecule has 0 saturated carbocycles. The minimum Gasteiger partial charge on any atom is -0.325 e. The van der Waals surface area contributed by atoms with Crippen LogP contribution in [0.3, 0.4) is 0 Å². The van der Waals surface area contributed by atoms with E-state index in [1.54, 1.807) is 0 Å². The van der Waals surface area contributed by atoms with Crippen molar-refractivity contribution in [1.29, 1.82) is 0 Å². The molecule has 0 aromatic heterocycles. The fourth-order valence-electron chi connectivity index (χ4n) is 2.23. The van der Waals surface area contributed by atoms with Gasteiger partial charge in [0.15, 0.2) is 0 Å². The molecule has 0 bridgehead atoms. The number of halogens is 1. The number of carbonyl (C=O) groups is 2. The Hall–Kier alpha value is -2.73. The maximum Gasteiger partial charge on any atom is 0.265 e. The van der Waals surface area contributed by atoms with Crippen LogP contribution in [0.5, 0.6) is 0 Å². The number of hydrogen-bond acceptors (Lipinski definition) is 4. The fraction of sp³-hybridized carbons (Fsp3) is 0.176. The Morgan fingerprint density at radius 2 is 1.92 bits per heavy atom. The van der Waals surface area contributed by atoms with Crippen LogP contribution < -0.4 is 5.32 Å². The molecule has 0 spiro atoms. The smallest absolute Gasteiger partial charge is 0.265 e. The van der Waals surface area contributed by atoms with Crippen LogP contribution in [0.1, 0.15) is 21.5 Å². The van der Waals surface area contributed by atoms with Crippen molar-refractivity contribution in [2.75, 3.05) is 11.9 Å². The number of rotatable bonds is 6. The summed E-state index contributed by atoms with van der Waals surface area (Å²) in [5.74, 6) is -1.03. The van der Waals surface area contributed by atoms with E-state index >= 15 is 0 Å². The summed E-state index contributed by atoms with van der Waals surface area (Å²) in [6.07, 6.45) is 0.137. The molecule has 2 aromatic carbocycles. The summed E-state index contributed by atoms with van der Waals surface area (Å²) in [5.41, 5.74) is 2.08. The number of hydrogen-bond donors (Lipinski definition) is 1. The number of carbonyl (C=O) groups excluding carboxylic acids is 2. The number of anilines is 1. The van der Waals surface area contributed by atoms with Crippen LogP contribution >= 0.6 is 11.6 Å². The van der Waals surface area contributed by atoms with Gasteiger partial charge in [-0.25, -0.2) is 0 Å². The Morgan fingerprint density at radius 3 is 2.58 bits per heavy atom. The molecule has 6 nitrogen and oxygen atoms in total. The second-order valence-electron chi connectivity index (χ2n) is 5.26.